The maximum atomic E-state index is 10.8. The van der Waals surface area contributed by atoms with Crippen LogP contribution in [0.4, 0.5) is 0 Å². The molecule has 4 aliphatic rings. The highest BCUT2D eigenvalue weighted by Crippen LogP contribution is 2.62. The molecule has 19 heavy (non-hydrogen) atoms. The van der Waals surface area contributed by atoms with Gasteiger partial charge in [0.15, 0.2) is 0 Å². The lowest BCUT2D eigenvalue weighted by molar-refractivity contribution is -0.118. The highest BCUT2D eigenvalue weighted by atomic mass is 16.3. The molecule has 4 fully saturated rings. The van der Waals surface area contributed by atoms with Gasteiger partial charge in [-0.15, -0.1) is 0 Å². The standard InChI is InChI=1S/C18H30O/c1-18-9-4-7-15(18)17-14(8-10-18)13-6-3-2-5-12(13)11-16(17)19/h12-17,19H,2-11H2,1H3/t12?,13-,14+,15-,16-,17+,18-/m0/s1. The third kappa shape index (κ3) is 1.83. The zero-order chi connectivity index (χ0) is 13.0. The molecule has 1 N–H and O–H groups in total. The van der Waals surface area contributed by atoms with E-state index < -0.39 is 0 Å². The molecule has 4 rings (SSSR count). The lowest BCUT2D eigenvalue weighted by Crippen LogP contribution is -2.52. The van der Waals surface area contributed by atoms with Gasteiger partial charge in [0.05, 0.1) is 6.10 Å². The summed E-state index contributed by atoms with van der Waals surface area (Å²) in [5.41, 5.74) is 0.587. The third-order valence-electron chi connectivity index (χ3n) is 7.67. The average molecular weight is 262 g/mol. The van der Waals surface area contributed by atoms with Gasteiger partial charge in [0.25, 0.3) is 0 Å². The summed E-state index contributed by atoms with van der Waals surface area (Å²) in [6.07, 6.45) is 14.1. The van der Waals surface area contributed by atoms with Gasteiger partial charge in [-0.3, -0.25) is 0 Å². The number of aliphatic hydroxyl groups excluding tert-OH is 1. The molecule has 1 nitrogen and oxygen atoms in total. The molecule has 7 atom stereocenters. The predicted molar refractivity (Wildman–Crippen MR) is 77.7 cm³/mol. The first-order valence-electron chi connectivity index (χ1n) is 8.87. The van der Waals surface area contributed by atoms with E-state index in [0.717, 1.165) is 30.1 Å². The minimum absolute atomic E-state index is 0.0343. The lowest BCUT2D eigenvalue weighted by atomic mass is 9.50. The van der Waals surface area contributed by atoms with Crippen molar-refractivity contribution in [2.24, 2.45) is 35.0 Å². The molecule has 1 heteroatoms. The smallest absolute Gasteiger partial charge is 0.0576 e. The van der Waals surface area contributed by atoms with E-state index in [1.54, 1.807) is 0 Å². The summed E-state index contributed by atoms with van der Waals surface area (Å²) in [5.74, 6) is 4.25. The summed E-state index contributed by atoms with van der Waals surface area (Å²) in [6, 6.07) is 0. The van der Waals surface area contributed by atoms with Crippen molar-refractivity contribution < 1.29 is 5.11 Å². The van der Waals surface area contributed by atoms with E-state index in [4.69, 9.17) is 0 Å². The van der Waals surface area contributed by atoms with Gasteiger partial charge in [0.1, 0.15) is 0 Å². The molecule has 0 heterocycles. The van der Waals surface area contributed by atoms with Crippen molar-refractivity contribution in [3.05, 3.63) is 0 Å². The Kier molecular flexibility index (Phi) is 2.99. The number of hydrogen-bond acceptors (Lipinski definition) is 1. The van der Waals surface area contributed by atoms with E-state index in [0.29, 0.717) is 11.3 Å². The minimum atomic E-state index is 0.0343. The highest BCUT2D eigenvalue weighted by molar-refractivity contribution is 5.05. The predicted octanol–water partition coefficient (Wildman–Crippen LogP) is 4.39. The number of rotatable bonds is 0. The molecule has 0 aromatic heterocycles. The van der Waals surface area contributed by atoms with Crippen LogP contribution >= 0.6 is 0 Å². The van der Waals surface area contributed by atoms with Crippen LogP contribution in [-0.4, -0.2) is 11.2 Å². The largest absolute Gasteiger partial charge is 0.393 e. The van der Waals surface area contributed by atoms with Crippen molar-refractivity contribution in [2.75, 3.05) is 0 Å². The van der Waals surface area contributed by atoms with E-state index in [1.165, 1.54) is 57.8 Å². The van der Waals surface area contributed by atoms with Crippen molar-refractivity contribution in [3.8, 4) is 0 Å². The Bertz CT molecular complexity index is 352. The Morgan fingerprint density at radius 2 is 1.74 bits per heavy atom. The molecule has 0 aromatic carbocycles. The van der Waals surface area contributed by atoms with Gasteiger partial charge in [-0.25, -0.2) is 0 Å². The van der Waals surface area contributed by atoms with Crippen molar-refractivity contribution in [1.82, 2.24) is 0 Å². The second kappa shape index (κ2) is 4.48. The Morgan fingerprint density at radius 3 is 2.63 bits per heavy atom. The summed E-state index contributed by atoms with van der Waals surface area (Å²) in [7, 11) is 0. The fourth-order valence-corrected chi connectivity index (χ4v) is 6.83. The quantitative estimate of drug-likeness (QED) is 0.686. The van der Waals surface area contributed by atoms with Gasteiger partial charge >= 0.3 is 0 Å². The molecule has 1 unspecified atom stereocenters. The monoisotopic (exact) mass is 262 g/mol. The summed E-state index contributed by atoms with van der Waals surface area (Å²) in [4.78, 5) is 0. The van der Waals surface area contributed by atoms with Gasteiger partial charge in [0, 0.05) is 0 Å². The molecule has 0 radical (unpaired) electrons. The van der Waals surface area contributed by atoms with Gasteiger partial charge in [-0.2, -0.15) is 0 Å². The minimum Gasteiger partial charge on any atom is -0.393 e. The lowest BCUT2D eigenvalue weighted by Gasteiger charge is -2.56. The molecule has 0 amide bonds. The molecule has 0 spiro atoms. The number of fused-ring (bicyclic) bond motifs is 5. The van der Waals surface area contributed by atoms with Gasteiger partial charge in [-0.1, -0.05) is 32.6 Å². The van der Waals surface area contributed by atoms with Crippen LogP contribution in [0, 0.1) is 35.0 Å². The fourth-order valence-electron chi connectivity index (χ4n) is 6.83. The molecular weight excluding hydrogens is 232 g/mol. The highest BCUT2D eigenvalue weighted by Gasteiger charge is 2.55. The molecule has 0 bridgehead atoms. The number of hydrogen-bond donors (Lipinski definition) is 1. The van der Waals surface area contributed by atoms with E-state index >= 15 is 0 Å². The maximum absolute atomic E-state index is 10.8. The van der Waals surface area contributed by atoms with Gasteiger partial charge in [0.2, 0.25) is 0 Å². The SMILES string of the molecule is C[C@@]12CCC[C@H]1[C@H]1[C@H](CC2)[C@H]2CCCCC2C[C@@H]1O. The summed E-state index contributed by atoms with van der Waals surface area (Å²) in [5, 5.41) is 10.8. The summed E-state index contributed by atoms with van der Waals surface area (Å²) < 4.78 is 0. The Balaban J connectivity index is 1.63. The van der Waals surface area contributed by atoms with Crippen LogP contribution < -0.4 is 0 Å². The molecule has 0 saturated heterocycles. The van der Waals surface area contributed by atoms with Crippen LogP contribution in [0.15, 0.2) is 0 Å². The zero-order valence-corrected chi connectivity index (χ0v) is 12.5. The van der Waals surface area contributed by atoms with E-state index in [-0.39, 0.29) is 6.10 Å². The van der Waals surface area contributed by atoms with Crippen molar-refractivity contribution in [1.29, 1.82) is 0 Å². The molecule has 4 aliphatic carbocycles. The molecule has 0 aliphatic heterocycles. The van der Waals surface area contributed by atoms with Gasteiger partial charge < -0.3 is 5.11 Å². The van der Waals surface area contributed by atoms with E-state index in [2.05, 4.69) is 6.92 Å². The van der Waals surface area contributed by atoms with Crippen molar-refractivity contribution in [2.45, 2.75) is 77.2 Å². The van der Waals surface area contributed by atoms with Crippen LogP contribution in [0.25, 0.3) is 0 Å². The summed E-state index contributed by atoms with van der Waals surface area (Å²) >= 11 is 0. The first-order chi connectivity index (χ1) is 9.19. The average Bonchev–Trinajstić information content (AvgIpc) is 2.80. The Morgan fingerprint density at radius 1 is 0.895 bits per heavy atom. The van der Waals surface area contributed by atoms with E-state index in [1.807, 2.05) is 0 Å². The molecule has 0 aromatic rings. The Labute approximate surface area is 118 Å². The molecule has 108 valence electrons. The van der Waals surface area contributed by atoms with Gasteiger partial charge in [-0.05, 0) is 73.5 Å². The van der Waals surface area contributed by atoms with Crippen LogP contribution in [-0.2, 0) is 0 Å². The first-order valence-corrected chi connectivity index (χ1v) is 8.87. The summed E-state index contributed by atoms with van der Waals surface area (Å²) in [6.45, 7) is 2.53. The first kappa shape index (κ1) is 12.7. The maximum Gasteiger partial charge on any atom is 0.0576 e. The molecular formula is C18H30O. The topological polar surface area (TPSA) is 20.2 Å². The van der Waals surface area contributed by atoms with E-state index in [9.17, 15) is 5.11 Å². The number of aliphatic hydroxyl groups is 1. The van der Waals surface area contributed by atoms with Crippen LogP contribution in [0.1, 0.15) is 71.1 Å². The van der Waals surface area contributed by atoms with Crippen LogP contribution in [0.5, 0.6) is 0 Å². The Hall–Kier alpha value is -0.0400. The van der Waals surface area contributed by atoms with Crippen molar-refractivity contribution in [3.63, 3.8) is 0 Å². The second-order valence-electron chi connectivity index (χ2n) is 8.44. The normalized spacial score (nSPS) is 57.2. The third-order valence-corrected chi connectivity index (χ3v) is 7.67. The van der Waals surface area contributed by atoms with Crippen LogP contribution in [0.2, 0.25) is 0 Å². The van der Waals surface area contributed by atoms with Crippen molar-refractivity contribution >= 4 is 0 Å². The second-order valence-corrected chi connectivity index (χ2v) is 8.44. The zero-order valence-electron chi connectivity index (χ0n) is 12.5. The fraction of sp³-hybridized carbons (Fsp3) is 1.00. The molecule has 4 saturated carbocycles. The van der Waals surface area contributed by atoms with Crippen LogP contribution in [0.3, 0.4) is 0 Å².